The van der Waals surface area contributed by atoms with Gasteiger partial charge in [-0.05, 0) is 75.8 Å². The number of benzene rings is 2. The lowest BCUT2D eigenvalue weighted by atomic mass is 10.2. The third kappa shape index (κ3) is 7.29. The lowest BCUT2D eigenvalue weighted by Gasteiger charge is -2.07. The second-order valence-electron chi connectivity index (χ2n) is 9.47. The van der Waals surface area contributed by atoms with Gasteiger partial charge in [-0.25, -0.2) is 14.4 Å². The van der Waals surface area contributed by atoms with E-state index in [9.17, 15) is 9.18 Å². The molecule has 0 aliphatic carbocycles. The minimum absolute atomic E-state index is 0.193. The number of ether oxygens (including phenoxy) is 1. The molecule has 0 bridgehead atoms. The highest BCUT2D eigenvalue weighted by molar-refractivity contribution is 7.22. The van der Waals surface area contributed by atoms with E-state index in [1.807, 2.05) is 50.2 Å². The van der Waals surface area contributed by atoms with Gasteiger partial charge in [0.15, 0.2) is 27.5 Å². The zero-order chi connectivity index (χ0) is 28.8. The van der Waals surface area contributed by atoms with Gasteiger partial charge >= 0.3 is 0 Å². The highest BCUT2D eigenvalue weighted by Gasteiger charge is 2.18. The molecule has 5 rings (SSSR count). The van der Waals surface area contributed by atoms with Crippen molar-refractivity contribution in [3.8, 4) is 17.6 Å². The number of aromatic nitrogens is 4. The number of carbonyl (C=O) groups is 1. The fourth-order valence-corrected chi connectivity index (χ4v) is 5.58. The first-order valence-corrected chi connectivity index (χ1v) is 14.5. The van der Waals surface area contributed by atoms with Gasteiger partial charge in [0.05, 0.1) is 23.4 Å². The topological polar surface area (TPSA) is 93.1 Å². The second-order valence-corrected chi connectivity index (χ2v) is 11.6. The third-order valence-electron chi connectivity index (χ3n) is 5.87. The first kappa shape index (κ1) is 28.3. The Labute approximate surface area is 245 Å². The van der Waals surface area contributed by atoms with Gasteiger partial charge in [0.25, 0.3) is 0 Å². The van der Waals surface area contributed by atoms with Crippen molar-refractivity contribution in [2.75, 3.05) is 32.6 Å². The summed E-state index contributed by atoms with van der Waals surface area (Å²) >= 11 is 2.83. The summed E-state index contributed by atoms with van der Waals surface area (Å²) in [6.45, 7) is 2.80. The van der Waals surface area contributed by atoms with Crippen LogP contribution in [0.2, 0.25) is 0 Å². The molecular formula is C30H27FN6O2S2. The Morgan fingerprint density at radius 2 is 1.98 bits per heavy atom. The van der Waals surface area contributed by atoms with Gasteiger partial charge in [-0.15, -0.1) is 21.5 Å². The average Bonchev–Trinajstić information content (AvgIpc) is 3.59. The van der Waals surface area contributed by atoms with E-state index >= 15 is 0 Å². The van der Waals surface area contributed by atoms with Gasteiger partial charge in [0.1, 0.15) is 5.69 Å². The van der Waals surface area contributed by atoms with Crippen molar-refractivity contribution in [1.29, 1.82) is 0 Å². The zero-order valence-corrected chi connectivity index (χ0v) is 24.4. The third-order valence-corrected chi connectivity index (χ3v) is 7.88. The maximum absolute atomic E-state index is 14.4. The lowest BCUT2D eigenvalue weighted by molar-refractivity contribution is 0.103. The van der Waals surface area contributed by atoms with Crippen LogP contribution in [-0.4, -0.2) is 58.1 Å². The van der Waals surface area contributed by atoms with Crippen molar-refractivity contribution in [1.82, 2.24) is 25.1 Å². The molecule has 0 aliphatic heterocycles. The number of nitrogens with zero attached hydrogens (tertiary/aromatic N) is 5. The van der Waals surface area contributed by atoms with E-state index in [0.717, 1.165) is 20.7 Å². The summed E-state index contributed by atoms with van der Waals surface area (Å²) in [4.78, 5) is 24.7. The van der Waals surface area contributed by atoms with Crippen LogP contribution in [0.1, 0.15) is 37.9 Å². The first-order chi connectivity index (χ1) is 19.9. The molecular weight excluding hydrogens is 560 g/mol. The maximum atomic E-state index is 14.4. The number of ketones is 1. The quantitative estimate of drug-likeness (QED) is 0.123. The SMILES string of the molecule is Cc1cc(C(=O)c2ncc(CCCOc3ccc(C#CCN(C)C)cc3F)s2)nnc1Nc1nc2ccccc2s1. The van der Waals surface area contributed by atoms with Gasteiger partial charge in [-0.1, -0.05) is 35.3 Å². The maximum Gasteiger partial charge on any atom is 0.241 e. The average molecular weight is 587 g/mol. The number of hydrogen-bond donors (Lipinski definition) is 1. The summed E-state index contributed by atoms with van der Waals surface area (Å²) in [5, 5.41) is 12.6. The summed E-state index contributed by atoms with van der Waals surface area (Å²) in [6.07, 6.45) is 2.98. The minimum Gasteiger partial charge on any atom is -0.491 e. The van der Waals surface area contributed by atoms with E-state index in [-0.39, 0.29) is 17.2 Å². The van der Waals surface area contributed by atoms with Crippen molar-refractivity contribution in [3.05, 3.63) is 87.3 Å². The van der Waals surface area contributed by atoms with Gasteiger partial charge in [-0.2, -0.15) is 0 Å². The number of carbonyl (C=O) groups excluding carboxylic acids is 1. The number of nitrogens with one attached hydrogen (secondary N) is 1. The highest BCUT2D eigenvalue weighted by atomic mass is 32.1. The van der Waals surface area contributed by atoms with Crippen LogP contribution >= 0.6 is 22.7 Å². The van der Waals surface area contributed by atoms with Gasteiger partial charge < -0.3 is 10.1 Å². The molecule has 208 valence electrons. The molecule has 0 atom stereocenters. The van der Waals surface area contributed by atoms with Gasteiger partial charge in [0.2, 0.25) is 5.78 Å². The molecule has 0 unspecified atom stereocenters. The Morgan fingerprint density at radius 3 is 2.76 bits per heavy atom. The number of anilines is 2. The molecule has 3 aromatic heterocycles. The van der Waals surface area contributed by atoms with E-state index in [4.69, 9.17) is 4.74 Å². The molecule has 0 saturated carbocycles. The summed E-state index contributed by atoms with van der Waals surface area (Å²) in [6, 6.07) is 14.3. The molecule has 0 fully saturated rings. The number of aryl methyl sites for hydroxylation is 2. The Balaban J connectivity index is 1.13. The van der Waals surface area contributed by atoms with Crippen LogP contribution in [0.5, 0.6) is 5.75 Å². The van der Waals surface area contributed by atoms with Crippen LogP contribution in [-0.2, 0) is 6.42 Å². The lowest BCUT2D eigenvalue weighted by Crippen LogP contribution is -2.10. The normalized spacial score (nSPS) is 11.0. The molecule has 0 spiro atoms. The van der Waals surface area contributed by atoms with Gasteiger partial charge in [0, 0.05) is 16.6 Å². The van der Waals surface area contributed by atoms with Crippen molar-refractivity contribution in [3.63, 3.8) is 0 Å². The Hall–Kier alpha value is -4.24. The zero-order valence-electron chi connectivity index (χ0n) is 22.8. The number of hydrogen-bond acceptors (Lipinski definition) is 10. The predicted molar refractivity (Wildman–Crippen MR) is 161 cm³/mol. The van der Waals surface area contributed by atoms with Crippen molar-refractivity contribution in [2.45, 2.75) is 19.8 Å². The molecule has 0 amide bonds. The van der Waals surface area contributed by atoms with Crippen LogP contribution in [0, 0.1) is 24.6 Å². The molecule has 8 nitrogen and oxygen atoms in total. The van der Waals surface area contributed by atoms with E-state index in [0.29, 0.717) is 47.5 Å². The fraction of sp³-hybridized carbons (Fsp3) is 0.233. The Kier molecular flexibility index (Phi) is 8.94. The molecule has 41 heavy (non-hydrogen) atoms. The van der Waals surface area contributed by atoms with Crippen molar-refractivity contribution < 1.29 is 13.9 Å². The summed E-state index contributed by atoms with van der Waals surface area (Å²) < 4.78 is 21.1. The van der Waals surface area contributed by atoms with Crippen molar-refractivity contribution >= 4 is 49.6 Å². The Bertz CT molecular complexity index is 1720. The molecule has 0 radical (unpaired) electrons. The van der Waals surface area contributed by atoms with Crippen LogP contribution in [0.25, 0.3) is 10.2 Å². The minimum atomic E-state index is -0.440. The van der Waals surface area contributed by atoms with E-state index in [2.05, 4.69) is 37.3 Å². The van der Waals surface area contributed by atoms with Crippen LogP contribution in [0.4, 0.5) is 15.3 Å². The predicted octanol–water partition coefficient (Wildman–Crippen LogP) is 5.89. The molecule has 0 saturated heterocycles. The molecule has 3 heterocycles. The Morgan fingerprint density at radius 1 is 1.12 bits per heavy atom. The number of rotatable bonds is 10. The summed E-state index contributed by atoms with van der Waals surface area (Å²) in [5.74, 6) is 5.94. The largest absolute Gasteiger partial charge is 0.491 e. The number of thiazole rings is 2. The number of para-hydroxylation sites is 1. The van der Waals surface area contributed by atoms with E-state index in [1.165, 1.54) is 28.7 Å². The molecule has 1 N–H and O–H groups in total. The number of halogens is 1. The molecule has 5 aromatic rings. The molecule has 2 aromatic carbocycles. The van der Waals surface area contributed by atoms with Crippen LogP contribution < -0.4 is 10.1 Å². The standard InChI is InChI=1S/C30H27FN6O2S2/c1-19-16-24(35-36-28(19)34-30-33-23-10-4-5-11-26(23)41-30)27(38)29-32-18-21(40-29)9-7-15-39-25-13-12-20(17-22(25)31)8-6-14-37(2)3/h4-5,10-13,16-18H,7,9,14-15H2,1-3H3,(H,33,34,36). The smallest absolute Gasteiger partial charge is 0.241 e. The molecule has 0 aliphatic rings. The fourth-order valence-electron chi connectivity index (χ4n) is 3.81. The molecule has 11 heteroatoms. The number of fused-ring (bicyclic) bond motifs is 1. The van der Waals surface area contributed by atoms with Gasteiger partial charge in [-0.3, -0.25) is 9.69 Å². The van der Waals surface area contributed by atoms with Crippen molar-refractivity contribution in [2.24, 2.45) is 0 Å². The monoisotopic (exact) mass is 586 g/mol. The summed E-state index contributed by atoms with van der Waals surface area (Å²) in [7, 11) is 3.85. The van der Waals surface area contributed by atoms with Crippen LogP contribution in [0.15, 0.2) is 54.7 Å². The van der Waals surface area contributed by atoms with Crippen LogP contribution in [0.3, 0.4) is 0 Å². The van der Waals surface area contributed by atoms with E-state index in [1.54, 1.807) is 24.4 Å². The highest BCUT2D eigenvalue weighted by Crippen LogP contribution is 2.28. The summed E-state index contributed by atoms with van der Waals surface area (Å²) in [5.41, 5.74) is 2.52. The first-order valence-electron chi connectivity index (χ1n) is 12.9. The van der Waals surface area contributed by atoms with E-state index < -0.39 is 5.82 Å². The second kappa shape index (κ2) is 13.0.